The van der Waals surface area contributed by atoms with Crippen LogP contribution in [0.4, 0.5) is 0 Å². The van der Waals surface area contributed by atoms with Gasteiger partial charge in [-0.15, -0.1) is 0 Å². The third kappa shape index (κ3) is 2.66. The molecule has 2 heterocycles. The molecule has 0 bridgehead atoms. The summed E-state index contributed by atoms with van der Waals surface area (Å²) in [6, 6.07) is 15.6. The van der Waals surface area contributed by atoms with Gasteiger partial charge < -0.3 is 4.74 Å². The molecule has 0 aromatic heterocycles. The van der Waals surface area contributed by atoms with Gasteiger partial charge in [0.15, 0.2) is 5.78 Å². The Morgan fingerprint density at radius 3 is 2.34 bits per heavy atom. The Morgan fingerprint density at radius 2 is 1.66 bits per heavy atom. The van der Waals surface area contributed by atoms with Crippen LogP contribution >= 0.6 is 0 Å². The number of nitrogens with zero attached hydrogens (tertiary/aromatic N) is 1. The van der Waals surface area contributed by atoms with Gasteiger partial charge in [-0.2, -0.15) is 0 Å². The molecule has 5 rings (SSSR count). The molecule has 0 N–H and O–H groups in total. The summed E-state index contributed by atoms with van der Waals surface area (Å²) in [6.45, 7) is 4.20. The SMILES string of the molecule is COc1ccc([C@@H]2C=C3c4ccccc4C(=O)N3C3=C2C(=O)CC(C)(C)C3)cc1. The van der Waals surface area contributed by atoms with Crippen LogP contribution in [0.1, 0.15) is 54.1 Å². The van der Waals surface area contributed by atoms with Crippen LogP contribution in [0.2, 0.25) is 0 Å². The number of ether oxygens (including phenoxy) is 1. The zero-order chi connectivity index (χ0) is 20.3. The molecule has 1 aliphatic carbocycles. The zero-order valence-corrected chi connectivity index (χ0v) is 16.9. The van der Waals surface area contributed by atoms with Gasteiger partial charge in [0.1, 0.15) is 5.75 Å². The average molecular weight is 385 g/mol. The standard InChI is InChI=1S/C25H23NO3/c1-25(2)13-21-23(22(27)14-25)19(15-8-10-16(29-3)11-9-15)12-20-17-6-4-5-7-18(17)24(28)26(20)21/h4-12,19H,13-14H2,1-3H3/t19-/m0/s1. The van der Waals surface area contributed by atoms with Gasteiger partial charge in [0.05, 0.1) is 12.8 Å². The monoisotopic (exact) mass is 385 g/mol. The molecule has 2 aromatic carbocycles. The van der Waals surface area contributed by atoms with Crippen molar-refractivity contribution in [3.63, 3.8) is 0 Å². The van der Waals surface area contributed by atoms with Gasteiger partial charge in [0.25, 0.3) is 5.91 Å². The number of hydrogen-bond acceptors (Lipinski definition) is 3. The molecule has 0 fully saturated rings. The number of allylic oxidation sites excluding steroid dienone is 3. The van der Waals surface area contributed by atoms with E-state index in [-0.39, 0.29) is 23.0 Å². The lowest BCUT2D eigenvalue weighted by atomic mass is 9.70. The van der Waals surface area contributed by atoms with Crippen molar-refractivity contribution in [3.8, 4) is 5.75 Å². The van der Waals surface area contributed by atoms with Crippen LogP contribution < -0.4 is 4.74 Å². The fraction of sp³-hybridized carbons (Fsp3) is 0.280. The molecule has 4 nitrogen and oxygen atoms in total. The van der Waals surface area contributed by atoms with E-state index in [1.54, 1.807) is 12.0 Å². The van der Waals surface area contributed by atoms with Gasteiger partial charge >= 0.3 is 0 Å². The third-order valence-electron chi connectivity index (χ3n) is 6.15. The first-order valence-electron chi connectivity index (χ1n) is 9.95. The number of methoxy groups -OCH3 is 1. The molecule has 1 atom stereocenters. The van der Waals surface area contributed by atoms with Crippen molar-refractivity contribution < 1.29 is 14.3 Å². The fourth-order valence-electron chi connectivity index (χ4n) is 4.85. The maximum absolute atomic E-state index is 13.3. The highest BCUT2D eigenvalue weighted by molar-refractivity contribution is 6.13. The Balaban J connectivity index is 1.73. The Labute approximate surface area is 170 Å². The summed E-state index contributed by atoms with van der Waals surface area (Å²) in [5.41, 5.74) is 5.05. The van der Waals surface area contributed by atoms with Gasteiger partial charge in [-0.3, -0.25) is 14.5 Å². The first-order valence-corrected chi connectivity index (χ1v) is 9.95. The lowest BCUT2D eigenvalue weighted by molar-refractivity contribution is -0.118. The largest absolute Gasteiger partial charge is 0.497 e. The average Bonchev–Trinajstić information content (AvgIpc) is 2.99. The van der Waals surface area contributed by atoms with Crippen molar-refractivity contribution in [2.24, 2.45) is 5.41 Å². The molecule has 0 radical (unpaired) electrons. The summed E-state index contributed by atoms with van der Waals surface area (Å²) in [6.07, 6.45) is 3.29. The van der Waals surface area contributed by atoms with E-state index in [0.717, 1.165) is 33.8 Å². The number of benzene rings is 2. The second-order valence-corrected chi connectivity index (χ2v) is 8.79. The Morgan fingerprint density at radius 1 is 0.966 bits per heavy atom. The fourth-order valence-corrected chi connectivity index (χ4v) is 4.85. The minimum absolute atomic E-state index is 0.0296. The van der Waals surface area contributed by atoms with E-state index >= 15 is 0 Å². The van der Waals surface area contributed by atoms with Crippen molar-refractivity contribution in [3.05, 3.63) is 82.6 Å². The minimum atomic E-state index is -0.169. The summed E-state index contributed by atoms with van der Waals surface area (Å²) >= 11 is 0. The Bertz CT molecular complexity index is 1110. The number of hydrogen-bond donors (Lipinski definition) is 0. The van der Waals surface area contributed by atoms with Crippen LogP contribution in [0.3, 0.4) is 0 Å². The predicted octanol–water partition coefficient (Wildman–Crippen LogP) is 4.93. The first kappa shape index (κ1) is 17.9. The minimum Gasteiger partial charge on any atom is -0.497 e. The van der Waals surface area contributed by atoms with Crippen molar-refractivity contribution in [1.29, 1.82) is 0 Å². The number of carbonyl (C=O) groups is 2. The van der Waals surface area contributed by atoms with Crippen LogP contribution in [-0.2, 0) is 4.79 Å². The topological polar surface area (TPSA) is 46.6 Å². The van der Waals surface area contributed by atoms with Crippen LogP contribution in [0, 0.1) is 5.41 Å². The number of rotatable bonds is 2. The second kappa shape index (κ2) is 6.18. The number of amides is 1. The second-order valence-electron chi connectivity index (χ2n) is 8.79. The quantitative estimate of drug-likeness (QED) is 0.736. The first-order chi connectivity index (χ1) is 13.9. The molecule has 3 aliphatic rings. The number of Topliss-reactive ketones (excluding diaryl/α,β-unsaturated/α-hetero) is 1. The van der Waals surface area contributed by atoms with Crippen LogP contribution in [0.5, 0.6) is 5.75 Å². The lowest BCUT2D eigenvalue weighted by Crippen LogP contribution is -2.38. The molecule has 0 saturated heterocycles. The van der Waals surface area contributed by atoms with Crippen molar-refractivity contribution in [2.75, 3.05) is 7.11 Å². The van der Waals surface area contributed by atoms with Gasteiger partial charge in [-0.25, -0.2) is 0 Å². The number of carbonyl (C=O) groups excluding carboxylic acids is 2. The van der Waals surface area contributed by atoms with Crippen LogP contribution in [0.15, 0.2) is 65.9 Å². The molecule has 2 aliphatic heterocycles. The molecule has 2 aromatic rings. The molecule has 1 amide bonds. The molecule has 29 heavy (non-hydrogen) atoms. The summed E-state index contributed by atoms with van der Waals surface area (Å²) in [7, 11) is 1.64. The zero-order valence-electron chi connectivity index (χ0n) is 16.9. The third-order valence-corrected chi connectivity index (χ3v) is 6.15. The molecule has 0 saturated carbocycles. The van der Waals surface area contributed by atoms with E-state index in [9.17, 15) is 9.59 Å². The van der Waals surface area contributed by atoms with Gasteiger partial charge in [0, 0.05) is 34.7 Å². The highest BCUT2D eigenvalue weighted by Crippen LogP contribution is 2.51. The lowest BCUT2D eigenvalue weighted by Gasteiger charge is -2.41. The van der Waals surface area contributed by atoms with Crippen LogP contribution in [-0.4, -0.2) is 23.7 Å². The van der Waals surface area contributed by atoms with E-state index in [1.807, 2.05) is 48.5 Å². The summed E-state index contributed by atoms with van der Waals surface area (Å²) in [5, 5.41) is 0. The molecular weight excluding hydrogens is 362 g/mol. The van der Waals surface area contributed by atoms with Crippen molar-refractivity contribution in [2.45, 2.75) is 32.6 Å². The van der Waals surface area contributed by atoms with Gasteiger partial charge in [0.2, 0.25) is 0 Å². The Hall–Kier alpha value is -3.14. The molecule has 4 heteroatoms. The Kier molecular flexibility index (Phi) is 3.82. The molecule has 0 spiro atoms. The van der Waals surface area contributed by atoms with Crippen molar-refractivity contribution in [1.82, 2.24) is 4.90 Å². The number of fused-ring (bicyclic) bond motifs is 4. The van der Waals surface area contributed by atoms with E-state index in [1.165, 1.54) is 0 Å². The van der Waals surface area contributed by atoms with E-state index in [4.69, 9.17) is 4.74 Å². The molecule has 146 valence electrons. The highest BCUT2D eigenvalue weighted by Gasteiger charge is 2.46. The van der Waals surface area contributed by atoms with Gasteiger partial charge in [-0.05, 0) is 41.7 Å². The van der Waals surface area contributed by atoms with E-state index < -0.39 is 0 Å². The molecular formula is C25H23NO3. The summed E-state index contributed by atoms with van der Waals surface area (Å²) < 4.78 is 5.29. The summed E-state index contributed by atoms with van der Waals surface area (Å²) in [4.78, 5) is 28.3. The van der Waals surface area contributed by atoms with Crippen molar-refractivity contribution >= 4 is 17.4 Å². The maximum Gasteiger partial charge on any atom is 0.263 e. The molecule has 0 unspecified atom stereocenters. The highest BCUT2D eigenvalue weighted by atomic mass is 16.5. The normalized spacial score (nSPS) is 22.1. The maximum atomic E-state index is 13.3. The van der Waals surface area contributed by atoms with E-state index in [0.29, 0.717) is 18.4 Å². The van der Waals surface area contributed by atoms with Crippen LogP contribution in [0.25, 0.3) is 5.70 Å². The number of ketones is 1. The van der Waals surface area contributed by atoms with E-state index in [2.05, 4.69) is 19.9 Å². The summed E-state index contributed by atoms with van der Waals surface area (Å²) in [5.74, 6) is 0.726. The van der Waals surface area contributed by atoms with Gasteiger partial charge in [-0.1, -0.05) is 44.2 Å². The predicted molar refractivity (Wildman–Crippen MR) is 111 cm³/mol. The smallest absolute Gasteiger partial charge is 0.263 e.